The lowest BCUT2D eigenvalue weighted by Crippen LogP contribution is -2.22. The number of amides is 2. The Hall–Kier alpha value is -2.62. The number of aryl methyl sites for hydroxylation is 1. The quantitative estimate of drug-likeness (QED) is 0.287. The molecule has 3 aromatic rings. The molecule has 0 bridgehead atoms. The van der Waals surface area contributed by atoms with Gasteiger partial charge in [-0.2, -0.15) is 0 Å². The minimum atomic E-state index is -0.265. The second kappa shape index (κ2) is 12.0. The van der Waals surface area contributed by atoms with E-state index in [0.29, 0.717) is 22.5 Å². The SMILES string of the molecule is CCn1c(CNC(=O)/C=C/c2ccccc2Cl)nnc1SCC(=O)Nc1ccc(Br)cc1C. The van der Waals surface area contributed by atoms with E-state index >= 15 is 0 Å². The molecule has 0 radical (unpaired) electrons. The molecule has 172 valence electrons. The van der Waals surface area contributed by atoms with E-state index in [1.807, 2.05) is 54.8 Å². The molecule has 3 rings (SSSR count). The highest BCUT2D eigenvalue weighted by Crippen LogP contribution is 2.22. The van der Waals surface area contributed by atoms with Crippen LogP contribution in [0, 0.1) is 6.92 Å². The van der Waals surface area contributed by atoms with E-state index in [1.54, 1.807) is 12.1 Å². The molecule has 10 heteroatoms. The molecule has 33 heavy (non-hydrogen) atoms. The van der Waals surface area contributed by atoms with Gasteiger partial charge in [-0.15, -0.1) is 10.2 Å². The van der Waals surface area contributed by atoms with Crippen LogP contribution in [0.4, 0.5) is 5.69 Å². The smallest absolute Gasteiger partial charge is 0.244 e. The molecule has 1 aromatic heterocycles. The summed E-state index contributed by atoms with van der Waals surface area (Å²) in [7, 11) is 0. The standard InChI is InChI=1S/C23H23BrClN5O2S/c1-3-30-20(13-26-21(31)11-8-16-6-4-5-7-18(16)25)28-29-23(30)33-14-22(32)27-19-10-9-17(24)12-15(19)2/h4-12H,3,13-14H2,1-2H3,(H,26,31)(H,27,32)/b11-8+. The number of carbonyl (C=O) groups is 2. The zero-order chi connectivity index (χ0) is 23.8. The van der Waals surface area contributed by atoms with Gasteiger partial charge in [0.15, 0.2) is 11.0 Å². The number of nitrogens with zero attached hydrogens (tertiary/aromatic N) is 3. The average Bonchev–Trinajstić information content (AvgIpc) is 3.19. The third kappa shape index (κ3) is 7.18. The second-order valence-electron chi connectivity index (χ2n) is 7.01. The second-order valence-corrected chi connectivity index (χ2v) is 9.28. The van der Waals surface area contributed by atoms with E-state index in [-0.39, 0.29) is 24.1 Å². The van der Waals surface area contributed by atoms with Crippen molar-refractivity contribution in [1.82, 2.24) is 20.1 Å². The fourth-order valence-electron chi connectivity index (χ4n) is 2.96. The van der Waals surface area contributed by atoms with Gasteiger partial charge >= 0.3 is 0 Å². The Labute approximate surface area is 210 Å². The highest BCUT2D eigenvalue weighted by Gasteiger charge is 2.14. The molecule has 1 heterocycles. The van der Waals surface area contributed by atoms with Crippen LogP contribution in [-0.2, 0) is 22.7 Å². The van der Waals surface area contributed by atoms with Crippen molar-refractivity contribution in [2.75, 3.05) is 11.1 Å². The van der Waals surface area contributed by atoms with Crippen molar-refractivity contribution < 1.29 is 9.59 Å². The molecule has 0 spiro atoms. The fourth-order valence-corrected chi connectivity index (χ4v) is 4.45. The number of halogens is 2. The Bertz CT molecular complexity index is 1180. The molecule has 2 aromatic carbocycles. The normalized spacial score (nSPS) is 11.0. The Morgan fingerprint density at radius 2 is 2.00 bits per heavy atom. The molecule has 0 unspecified atom stereocenters. The van der Waals surface area contributed by atoms with Crippen molar-refractivity contribution in [1.29, 1.82) is 0 Å². The lowest BCUT2D eigenvalue weighted by molar-refractivity contribution is -0.116. The maximum atomic E-state index is 12.4. The van der Waals surface area contributed by atoms with Crippen LogP contribution in [0.5, 0.6) is 0 Å². The third-order valence-electron chi connectivity index (χ3n) is 4.64. The molecule has 0 aliphatic rings. The van der Waals surface area contributed by atoms with E-state index in [4.69, 9.17) is 11.6 Å². The van der Waals surface area contributed by atoms with Gasteiger partial charge in [0, 0.05) is 27.8 Å². The Morgan fingerprint density at radius 3 is 2.73 bits per heavy atom. The first kappa shape index (κ1) is 25.0. The maximum Gasteiger partial charge on any atom is 0.244 e. The molecule has 7 nitrogen and oxygen atoms in total. The van der Waals surface area contributed by atoms with Gasteiger partial charge in [0.2, 0.25) is 11.8 Å². The minimum absolute atomic E-state index is 0.129. The van der Waals surface area contributed by atoms with E-state index in [9.17, 15) is 9.59 Å². The summed E-state index contributed by atoms with van der Waals surface area (Å²) >= 11 is 10.8. The summed E-state index contributed by atoms with van der Waals surface area (Å²) in [6.45, 7) is 4.73. The molecular formula is C23H23BrClN5O2S. The highest BCUT2D eigenvalue weighted by molar-refractivity contribution is 9.10. The highest BCUT2D eigenvalue weighted by atomic mass is 79.9. The molecule has 0 aliphatic carbocycles. The number of hydrogen-bond donors (Lipinski definition) is 2. The third-order valence-corrected chi connectivity index (χ3v) is 6.45. The maximum absolute atomic E-state index is 12.4. The van der Waals surface area contributed by atoms with Gasteiger partial charge in [-0.3, -0.25) is 9.59 Å². The summed E-state index contributed by atoms with van der Waals surface area (Å²) in [5.74, 6) is 0.416. The van der Waals surface area contributed by atoms with Crippen molar-refractivity contribution in [2.24, 2.45) is 0 Å². The van der Waals surface area contributed by atoms with Crippen LogP contribution >= 0.6 is 39.3 Å². The summed E-state index contributed by atoms with van der Waals surface area (Å²) in [6, 6.07) is 13.0. The number of rotatable bonds is 9. The minimum Gasteiger partial charge on any atom is -0.345 e. The van der Waals surface area contributed by atoms with Crippen molar-refractivity contribution in [2.45, 2.75) is 32.1 Å². The summed E-state index contributed by atoms with van der Waals surface area (Å²) in [6.07, 6.45) is 3.09. The van der Waals surface area contributed by atoms with Crippen molar-refractivity contribution in [3.05, 3.63) is 75.0 Å². The molecular weight excluding hydrogens is 526 g/mol. The zero-order valence-corrected chi connectivity index (χ0v) is 21.3. The van der Waals surface area contributed by atoms with Crippen LogP contribution in [0.2, 0.25) is 5.02 Å². The first-order chi connectivity index (χ1) is 15.9. The number of benzene rings is 2. The Balaban J connectivity index is 1.54. The summed E-state index contributed by atoms with van der Waals surface area (Å²) in [5.41, 5.74) is 2.51. The van der Waals surface area contributed by atoms with Gasteiger partial charge in [0.05, 0.1) is 12.3 Å². The molecule has 2 N–H and O–H groups in total. The van der Waals surface area contributed by atoms with Gasteiger partial charge in [0.25, 0.3) is 0 Å². The summed E-state index contributed by atoms with van der Waals surface area (Å²) in [5, 5.41) is 15.3. The molecule has 0 atom stereocenters. The topological polar surface area (TPSA) is 88.9 Å². The van der Waals surface area contributed by atoms with Gasteiger partial charge in [-0.1, -0.05) is 57.5 Å². The van der Waals surface area contributed by atoms with Crippen LogP contribution in [0.25, 0.3) is 6.08 Å². The Kier molecular flexibility index (Phi) is 9.11. The van der Waals surface area contributed by atoms with Gasteiger partial charge in [0.1, 0.15) is 0 Å². The van der Waals surface area contributed by atoms with Gasteiger partial charge in [-0.05, 0) is 55.3 Å². The van der Waals surface area contributed by atoms with Gasteiger partial charge < -0.3 is 15.2 Å². The van der Waals surface area contributed by atoms with Crippen molar-refractivity contribution >= 4 is 62.9 Å². The van der Waals surface area contributed by atoms with E-state index in [0.717, 1.165) is 21.3 Å². The predicted octanol–water partition coefficient (Wildman–Crippen LogP) is 5.08. The van der Waals surface area contributed by atoms with E-state index < -0.39 is 0 Å². The first-order valence-corrected chi connectivity index (χ1v) is 12.3. The van der Waals surface area contributed by atoms with Crippen molar-refractivity contribution in [3.63, 3.8) is 0 Å². The van der Waals surface area contributed by atoms with Crippen LogP contribution < -0.4 is 10.6 Å². The lowest BCUT2D eigenvalue weighted by atomic mass is 10.2. The summed E-state index contributed by atoms with van der Waals surface area (Å²) < 4.78 is 2.84. The molecule has 0 fully saturated rings. The lowest BCUT2D eigenvalue weighted by Gasteiger charge is -2.09. The average molecular weight is 549 g/mol. The number of carbonyl (C=O) groups excluding carboxylic acids is 2. The number of anilines is 1. The summed E-state index contributed by atoms with van der Waals surface area (Å²) in [4.78, 5) is 24.6. The number of hydrogen-bond acceptors (Lipinski definition) is 5. The molecule has 0 aliphatic heterocycles. The van der Waals surface area contributed by atoms with Gasteiger partial charge in [-0.25, -0.2) is 0 Å². The predicted molar refractivity (Wildman–Crippen MR) is 136 cm³/mol. The largest absolute Gasteiger partial charge is 0.345 e. The number of aromatic nitrogens is 3. The van der Waals surface area contributed by atoms with E-state index in [2.05, 4.69) is 36.8 Å². The first-order valence-electron chi connectivity index (χ1n) is 10.2. The number of nitrogens with one attached hydrogen (secondary N) is 2. The molecule has 2 amide bonds. The monoisotopic (exact) mass is 547 g/mol. The zero-order valence-electron chi connectivity index (χ0n) is 18.1. The van der Waals surface area contributed by atoms with Crippen molar-refractivity contribution in [3.8, 4) is 0 Å². The van der Waals surface area contributed by atoms with Crippen LogP contribution in [0.15, 0.2) is 58.2 Å². The van der Waals surface area contributed by atoms with Crippen LogP contribution in [0.1, 0.15) is 23.9 Å². The number of thioether (sulfide) groups is 1. The molecule has 0 saturated carbocycles. The Morgan fingerprint density at radius 1 is 1.21 bits per heavy atom. The molecule has 0 saturated heterocycles. The van der Waals surface area contributed by atoms with E-state index in [1.165, 1.54) is 17.8 Å². The fraction of sp³-hybridized carbons (Fsp3) is 0.217. The van der Waals surface area contributed by atoms with Crippen LogP contribution in [-0.4, -0.2) is 32.3 Å². The van der Waals surface area contributed by atoms with Crippen LogP contribution in [0.3, 0.4) is 0 Å².